The summed E-state index contributed by atoms with van der Waals surface area (Å²) in [6.45, 7) is 0.582. The van der Waals surface area contributed by atoms with Crippen LogP contribution in [0.2, 0.25) is 0 Å². The van der Waals surface area contributed by atoms with Crippen LogP contribution in [0.3, 0.4) is 0 Å². The van der Waals surface area contributed by atoms with Crippen molar-refractivity contribution in [1.29, 1.82) is 0 Å². The van der Waals surface area contributed by atoms with Gasteiger partial charge < -0.3 is 10.3 Å². The molecule has 0 amide bonds. The fourth-order valence-electron chi connectivity index (χ4n) is 2.03. The lowest BCUT2D eigenvalue weighted by Crippen LogP contribution is -2.32. The summed E-state index contributed by atoms with van der Waals surface area (Å²) in [5, 5.41) is 11.9. The second-order valence-corrected chi connectivity index (χ2v) is 4.19. The van der Waals surface area contributed by atoms with Gasteiger partial charge in [0.1, 0.15) is 11.6 Å². The molecule has 0 saturated carbocycles. The maximum absolute atomic E-state index is 13.4. The van der Waals surface area contributed by atoms with Crippen molar-refractivity contribution in [3.63, 3.8) is 0 Å². The number of hydroxylamine groups is 2. The summed E-state index contributed by atoms with van der Waals surface area (Å²) in [4.78, 5) is 12.0. The van der Waals surface area contributed by atoms with E-state index in [1.54, 1.807) is 0 Å². The largest absolute Gasteiger partial charge is 0.785 e. The van der Waals surface area contributed by atoms with E-state index in [0.717, 1.165) is 17.2 Å². The molecule has 2 rings (SSSR count). The Morgan fingerprint density at radius 1 is 1.29 bits per heavy atom. The van der Waals surface area contributed by atoms with E-state index >= 15 is 0 Å². The zero-order valence-corrected chi connectivity index (χ0v) is 9.16. The van der Waals surface area contributed by atoms with Crippen molar-refractivity contribution < 1.29 is 13.6 Å². The molecule has 1 aliphatic rings. The van der Waals surface area contributed by atoms with Gasteiger partial charge in [-0.15, -0.1) is 0 Å². The molecule has 17 heavy (non-hydrogen) atoms. The highest BCUT2D eigenvalue weighted by atomic mass is 19.1. The maximum atomic E-state index is 13.4. The van der Waals surface area contributed by atoms with E-state index in [4.69, 9.17) is 0 Å². The Kier molecular flexibility index (Phi) is 3.49. The molecule has 92 valence electrons. The van der Waals surface area contributed by atoms with E-state index in [9.17, 15) is 18.8 Å². The Bertz CT molecular complexity index is 429. The van der Waals surface area contributed by atoms with Gasteiger partial charge >= 0.3 is 0 Å². The standard InChI is InChI=1S/C12H12F2NO2/c13-9-1-2-10(11(14)7-9)12(16)8-3-5-15(17)6-4-8/h1-2,7-8H,3-6H2/q-1. The minimum absolute atomic E-state index is 0.0873. The fraction of sp³-hybridized carbons (Fsp3) is 0.417. The lowest BCUT2D eigenvalue weighted by molar-refractivity contribution is 0.0861. The molecule has 5 heteroatoms. The first-order valence-corrected chi connectivity index (χ1v) is 5.49. The van der Waals surface area contributed by atoms with Crippen LogP contribution in [-0.2, 0) is 0 Å². The van der Waals surface area contributed by atoms with Crippen LogP contribution in [-0.4, -0.2) is 23.9 Å². The summed E-state index contributed by atoms with van der Waals surface area (Å²) < 4.78 is 26.1. The van der Waals surface area contributed by atoms with Gasteiger partial charge in [-0.2, -0.15) is 0 Å². The van der Waals surface area contributed by atoms with E-state index in [-0.39, 0.29) is 17.3 Å². The Hall–Kier alpha value is -1.33. The van der Waals surface area contributed by atoms with Crippen molar-refractivity contribution in [3.05, 3.63) is 40.6 Å². The normalized spacial score (nSPS) is 18.3. The van der Waals surface area contributed by atoms with Gasteiger partial charge in [0, 0.05) is 12.0 Å². The highest BCUT2D eigenvalue weighted by molar-refractivity contribution is 5.98. The van der Waals surface area contributed by atoms with Crippen LogP contribution in [0.25, 0.3) is 0 Å². The molecular formula is C12H12F2NO2-. The average molecular weight is 240 g/mol. The molecule has 0 atom stereocenters. The van der Waals surface area contributed by atoms with E-state index in [0.29, 0.717) is 32.0 Å². The van der Waals surface area contributed by atoms with Crippen LogP contribution in [0.1, 0.15) is 23.2 Å². The van der Waals surface area contributed by atoms with Gasteiger partial charge in [0.2, 0.25) is 0 Å². The van der Waals surface area contributed by atoms with Crippen LogP contribution in [0.5, 0.6) is 0 Å². The number of carbonyl (C=O) groups is 1. The molecule has 0 N–H and O–H groups in total. The predicted molar refractivity (Wildman–Crippen MR) is 58.4 cm³/mol. The van der Waals surface area contributed by atoms with Gasteiger partial charge in [0.15, 0.2) is 5.78 Å². The Labute approximate surface area is 97.6 Å². The number of carbonyl (C=O) groups excluding carboxylic acids is 1. The molecule has 1 aliphatic heterocycles. The number of halogens is 2. The molecule has 0 aliphatic carbocycles. The van der Waals surface area contributed by atoms with Crippen LogP contribution >= 0.6 is 0 Å². The van der Waals surface area contributed by atoms with Crippen molar-refractivity contribution in [2.24, 2.45) is 5.92 Å². The third kappa shape index (κ3) is 2.68. The first-order chi connectivity index (χ1) is 8.08. The molecule has 0 aromatic heterocycles. The number of nitrogens with zero attached hydrogens (tertiary/aromatic N) is 1. The first-order valence-electron chi connectivity index (χ1n) is 5.49. The Balaban J connectivity index is 2.14. The summed E-state index contributed by atoms with van der Waals surface area (Å²) in [7, 11) is 0. The summed E-state index contributed by atoms with van der Waals surface area (Å²) in [6.07, 6.45) is 0.859. The first kappa shape index (κ1) is 12.1. The van der Waals surface area contributed by atoms with E-state index in [1.165, 1.54) is 0 Å². The SMILES string of the molecule is O=C(c1ccc(F)cc1F)C1CCN([O-])CC1. The highest BCUT2D eigenvalue weighted by Crippen LogP contribution is 2.22. The third-order valence-electron chi connectivity index (χ3n) is 3.02. The lowest BCUT2D eigenvalue weighted by atomic mass is 9.89. The van der Waals surface area contributed by atoms with Crippen molar-refractivity contribution in [2.45, 2.75) is 12.8 Å². The fourth-order valence-corrected chi connectivity index (χ4v) is 2.03. The zero-order valence-electron chi connectivity index (χ0n) is 9.16. The van der Waals surface area contributed by atoms with Crippen LogP contribution in [0.4, 0.5) is 8.78 Å². The molecule has 1 saturated heterocycles. The quantitative estimate of drug-likeness (QED) is 0.745. The van der Waals surface area contributed by atoms with Gasteiger partial charge in [0.05, 0.1) is 5.56 Å². The smallest absolute Gasteiger partial charge is 0.168 e. The highest BCUT2D eigenvalue weighted by Gasteiger charge is 2.25. The van der Waals surface area contributed by atoms with Crippen molar-refractivity contribution in [2.75, 3.05) is 13.1 Å². The Morgan fingerprint density at radius 3 is 2.53 bits per heavy atom. The van der Waals surface area contributed by atoms with E-state index < -0.39 is 11.6 Å². The molecule has 0 radical (unpaired) electrons. The van der Waals surface area contributed by atoms with Crippen LogP contribution < -0.4 is 0 Å². The molecule has 1 fully saturated rings. The molecule has 0 bridgehead atoms. The minimum atomic E-state index is -0.834. The van der Waals surface area contributed by atoms with Crippen molar-refractivity contribution >= 4 is 5.78 Å². The summed E-state index contributed by atoms with van der Waals surface area (Å²) in [5.41, 5.74) is -0.0873. The molecule has 0 spiro atoms. The summed E-state index contributed by atoms with van der Waals surface area (Å²) in [6, 6.07) is 2.94. The number of benzene rings is 1. The average Bonchev–Trinajstić information content (AvgIpc) is 2.29. The summed E-state index contributed by atoms with van der Waals surface area (Å²) >= 11 is 0. The monoisotopic (exact) mass is 240 g/mol. The molecule has 1 heterocycles. The minimum Gasteiger partial charge on any atom is -0.785 e. The Morgan fingerprint density at radius 2 is 1.94 bits per heavy atom. The van der Waals surface area contributed by atoms with E-state index in [2.05, 4.69) is 0 Å². The molecule has 3 nitrogen and oxygen atoms in total. The topological polar surface area (TPSA) is 43.4 Å². The van der Waals surface area contributed by atoms with Gasteiger partial charge in [-0.1, -0.05) is 0 Å². The number of rotatable bonds is 2. The summed E-state index contributed by atoms with van der Waals surface area (Å²) in [5.74, 6) is -2.20. The number of hydrogen-bond acceptors (Lipinski definition) is 3. The number of piperidine rings is 1. The van der Waals surface area contributed by atoms with Crippen molar-refractivity contribution in [3.8, 4) is 0 Å². The lowest BCUT2D eigenvalue weighted by Gasteiger charge is -2.35. The predicted octanol–water partition coefficient (Wildman–Crippen LogP) is 2.36. The van der Waals surface area contributed by atoms with Crippen LogP contribution in [0.15, 0.2) is 18.2 Å². The number of hydrogen-bond donors (Lipinski definition) is 0. The molecular weight excluding hydrogens is 228 g/mol. The molecule has 1 aromatic rings. The number of ketones is 1. The number of Topliss-reactive ketones (excluding diaryl/α,β-unsaturated/α-hetero) is 1. The third-order valence-corrected chi connectivity index (χ3v) is 3.02. The molecule has 0 unspecified atom stereocenters. The van der Waals surface area contributed by atoms with E-state index in [1.807, 2.05) is 0 Å². The van der Waals surface area contributed by atoms with Crippen molar-refractivity contribution in [1.82, 2.24) is 5.06 Å². The second kappa shape index (κ2) is 4.89. The van der Waals surface area contributed by atoms with Gasteiger partial charge in [-0.25, -0.2) is 8.78 Å². The zero-order chi connectivity index (χ0) is 12.4. The van der Waals surface area contributed by atoms with Gasteiger partial charge in [0.25, 0.3) is 0 Å². The maximum Gasteiger partial charge on any atom is 0.168 e. The van der Waals surface area contributed by atoms with Gasteiger partial charge in [-0.3, -0.25) is 4.79 Å². The second-order valence-electron chi connectivity index (χ2n) is 4.19. The molecule has 1 aromatic carbocycles. The van der Waals surface area contributed by atoms with Crippen LogP contribution in [0, 0.1) is 22.8 Å². The van der Waals surface area contributed by atoms with Gasteiger partial charge in [-0.05, 0) is 38.1 Å².